The number of benzene rings is 1. The Morgan fingerprint density at radius 2 is 1.86 bits per heavy atom. The minimum Gasteiger partial charge on any atom is -0.388 e. The summed E-state index contributed by atoms with van der Waals surface area (Å²) in [6.07, 6.45) is -2.61. The first kappa shape index (κ1) is 27.3. The number of nitrogens with zero attached hydrogens (tertiary/aromatic N) is 3. The number of carbonyl (C=O) groups is 1. The van der Waals surface area contributed by atoms with Crippen molar-refractivity contribution in [2.24, 2.45) is 0 Å². The summed E-state index contributed by atoms with van der Waals surface area (Å²) in [4.78, 5) is 30.3. The number of carbonyl (C=O) groups excluding carboxylic acids is 1. The van der Waals surface area contributed by atoms with Gasteiger partial charge in [-0.05, 0) is 37.5 Å². The van der Waals surface area contributed by atoms with Crippen LogP contribution in [0.5, 0.6) is 0 Å². The molecule has 0 saturated carbocycles. The second-order valence-corrected chi connectivity index (χ2v) is 9.03. The van der Waals surface area contributed by atoms with E-state index in [0.29, 0.717) is 37.7 Å². The summed E-state index contributed by atoms with van der Waals surface area (Å²) in [7, 11) is 0. The number of halogens is 3. The molecule has 1 aliphatic heterocycles. The van der Waals surface area contributed by atoms with Crippen LogP contribution in [0.25, 0.3) is 0 Å². The van der Waals surface area contributed by atoms with Crippen molar-refractivity contribution in [3.8, 4) is 0 Å². The molecule has 2 heterocycles. The maximum absolute atomic E-state index is 14.5. The van der Waals surface area contributed by atoms with Crippen LogP contribution in [0.1, 0.15) is 31.6 Å². The van der Waals surface area contributed by atoms with Gasteiger partial charge in [0.05, 0.1) is 12.3 Å². The lowest BCUT2D eigenvalue weighted by atomic mass is 10.1. The van der Waals surface area contributed by atoms with Gasteiger partial charge in [0.2, 0.25) is 5.91 Å². The number of anilines is 2. The molecule has 1 amide bonds. The third-order valence-electron chi connectivity index (χ3n) is 5.80. The van der Waals surface area contributed by atoms with Crippen molar-refractivity contribution in [3.63, 3.8) is 0 Å². The monoisotopic (exact) mass is 530 g/mol. The first-order chi connectivity index (χ1) is 16.7. The minimum absolute atomic E-state index is 0.102. The molecule has 3 rings (SSSR count). The van der Waals surface area contributed by atoms with Crippen molar-refractivity contribution in [2.45, 2.75) is 50.7 Å². The Bertz CT molecular complexity index is 1050. The number of nitrogens with one attached hydrogen (secondary N) is 1. The van der Waals surface area contributed by atoms with Crippen molar-refractivity contribution >= 4 is 40.6 Å². The van der Waals surface area contributed by atoms with Crippen molar-refractivity contribution in [1.29, 1.82) is 0 Å². The van der Waals surface area contributed by atoms with Gasteiger partial charge in [-0.3, -0.25) is 9.36 Å². The van der Waals surface area contributed by atoms with Gasteiger partial charge in [-0.25, -0.2) is 9.18 Å². The fourth-order valence-corrected chi connectivity index (χ4v) is 4.28. The van der Waals surface area contributed by atoms with Gasteiger partial charge in [-0.1, -0.05) is 12.1 Å². The largest absolute Gasteiger partial charge is 0.388 e. The van der Waals surface area contributed by atoms with Crippen LogP contribution in [0.2, 0.25) is 0 Å². The van der Waals surface area contributed by atoms with Gasteiger partial charge < -0.3 is 25.2 Å². The quantitative estimate of drug-likeness (QED) is 0.381. The molecule has 0 spiro atoms. The van der Waals surface area contributed by atoms with Crippen molar-refractivity contribution in [2.75, 3.05) is 35.1 Å². The molecule has 0 radical (unpaired) electrons. The van der Waals surface area contributed by atoms with Gasteiger partial charge in [-0.2, -0.15) is 4.98 Å². The van der Waals surface area contributed by atoms with E-state index >= 15 is 0 Å². The number of aliphatic hydroxyl groups excluding tert-OH is 2. The Morgan fingerprint density at radius 1 is 1.20 bits per heavy atom. The fourth-order valence-electron chi connectivity index (χ4n) is 3.87. The number of aromatic nitrogens is 2. The first-order valence-electron chi connectivity index (χ1n) is 11.3. The zero-order chi connectivity index (χ0) is 25.5. The lowest BCUT2D eigenvalue weighted by molar-refractivity contribution is -0.116. The summed E-state index contributed by atoms with van der Waals surface area (Å²) in [6.45, 7) is 2.90. The van der Waals surface area contributed by atoms with Crippen LogP contribution in [0, 0.1) is 5.82 Å². The zero-order valence-electron chi connectivity index (χ0n) is 19.2. The molecule has 35 heavy (non-hydrogen) atoms. The third-order valence-corrected chi connectivity index (χ3v) is 6.13. The summed E-state index contributed by atoms with van der Waals surface area (Å²) >= 11 is 11.7. The molecule has 4 atom stereocenters. The second-order valence-electron chi connectivity index (χ2n) is 8.27. The summed E-state index contributed by atoms with van der Waals surface area (Å²) in [5, 5.41) is 22.1. The first-order valence-corrected chi connectivity index (χ1v) is 12.4. The number of alkyl halides is 2. The summed E-state index contributed by atoms with van der Waals surface area (Å²) in [5.74, 6) is -0.951. The summed E-state index contributed by atoms with van der Waals surface area (Å²) in [6, 6.07) is 7.91. The van der Waals surface area contributed by atoms with Crippen LogP contribution in [0.3, 0.4) is 0 Å². The average Bonchev–Trinajstić information content (AvgIpc) is 3.08. The Kier molecular flexibility index (Phi) is 9.88. The van der Waals surface area contributed by atoms with E-state index in [-0.39, 0.29) is 6.42 Å². The molecule has 0 bridgehead atoms. The van der Waals surface area contributed by atoms with E-state index in [1.807, 2.05) is 24.3 Å². The van der Waals surface area contributed by atoms with E-state index in [1.165, 1.54) is 6.92 Å². The third kappa shape index (κ3) is 6.92. The van der Waals surface area contributed by atoms with E-state index in [4.69, 9.17) is 27.9 Å². The van der Waals surface area contributed by atoms with Crippen molar-refractivity contribution < 1.29 is 24.1 Å². The SMILES string of the molecule is C[C@H]1O[C@@H](n2cc(F)c(NC(=O)CCCc3ccc(N(CCCl)CCCl)cc3)nc2=O)[C@H](O)[C@@H]1O. The molecule has 3 N–H and O–H groups in total. The van der Waals surface area contributed by atoms with Crippen LogP contribution in [0.15, 0.2) is 35.3 Å². The zero-order valence-corrected chi connectivity index (χ0v) is 20.8. The minimum atomic E-state index is -1.41. The lowest BCUT2D eigenvalue weighted by Gasteiger charge is -2.23. The van der Waals surface area contributed by atoms with Gasteiger partial charge in [0, 0.05) is 37.0 Å². The van der Waals surface area contributed by atoms with E-state index in [0.717, 1.165) is 22.0 Å². The maximum atomic E-state index is 14.5. The Labute approximate surface area is 212 Å². The lowest BCUT2D eigenvalue weighted by Crippen LogP contribution is -2.36. The normalized spacial score (nSPS) is 21.8. The highest BCUT2D eigenvalue weighted by Crippen LogP contribution is 2.28. The Morgan fingerprint density at radius 3 is 2.43 bits per heavy atom. The highest BCUT2D eigenvalue weighted by atomic mass is 35.5. The van der Waals surface area contributed by atoms with Gasteiger partial charge in [0.1, 0.15) is 12.2 Å². The Hall–Kier alpha value is -2.24. The molecule has 12 heteroatoms. The number of hydrogen-bond acceptors (Lipinski definition) is 7. The van der Waals surface area contributed by atoms with Crippen molar-refractivity contribution in [3.05, 3.63) is 52.3 Å². The summed E-state index contributed by atoms with van der Waals surface area (Å²) < 4.78 is 20.6. The number of ether oxygens (including phenoxy) is 1. The molecule has 1 saturated heterocycles. The molecular weight excluding hydrogens is 502 g/mol. The van der Waals surface area contributed by atoms with Crippen LogP contribution >= 0.6 is 23.2 Å². The van der Waals surface area contributed by atoms with E-state index in [9.17, 15) is 24.2 Å². The van der Waals surface area contributed by atoms with E-state index in [2.05, 4.69) is 15.2 Å². The van der Waals surface area contributed by atoms with Crippen molar-refractivity contribution in [1.82, 2.24) is 9.55 Å². The molecule has 1 aromatic carbocycles. The molecular formula is C23H29Cl2FN4O5. The number of rotatable bonds is 11. The van der Waals surface area contributed by atoms with E-state index < -0.39 is 47.8 Å². The topological polar surface area (TPSA) is 117 Å². The molecule has 2 aromatic rings. The van der Waals surface area contributed by atoms with Crippen LogP contribution < -0.4 is 15.9 Å². The number of hydrogen-bond donors (Lipinski definition) is 3. The van der Waals surface area contributed by atoms with Gasteiger partial charge in [0.25, 0.3) is 0 Å². The molecule has 1 aliphatic rings. The molecule has 1 aromatic heterocycles. The second kappa shape index (κ2) is 12.6. The molecule has 0 unspecified atom stereocenters. The molecule has 192 valence electrons. The molecule has 1 fully saturated rings. The highest BCUT2D eigenvalue weighted by molar-refractivity contribution is 6.18. The fraction of sp³-hybridized carbons (Fsp3) is 0.522. The predicted molar refractivity (Wildman–Crippen MR) is 132 cm³/mol. The van der Waals surface area contributed by atoms with E-state index in [1.54, 1.807) is 0 Å². The number of amides is 1. The van der Waals surface area contributed by atoms with Gasteiger partial charge in [-0.15, -0.1) is 23.2 Å². The highest BCUT2D eigenvalue weighted by Gasteiger charge is 2.42. The van der Waals surface area contributed by atoms with Crippen LogP contribution in [-0.4, -0.2) is 68.8 Å². The van der Waals surface area contributed by atoms with Gasteiger partial charge >= 0.3 is 5.69 Å². The van der Waals surface area contributed by atoms with Gasteiger partial charge in [0.15, 0.2) is 17.9 Å². The standard InChI is InChI=1S/C23H29Cl2FN4O5/c1-14-19(32)20(33)22(35-14)30-13-17(26)21(28-23(30)34)27-18(31)4-2-3-15-5-7-16(8-6-15)29(11-9-24)12-10-25/h5-8,13-14,19-20,22,32-33H,2-4,9-12H2,1H3,(H,27,28,31,34)/t14-,19-,20-,22-/m1/s1. The number of aliphatic hydroxyl groups is 2. The maximum Gasteiger partial charge on any atom is 0.351 e. The molecule has 0 aliphatic carbocycles. The molecule has 9 nitrogen and oxygen atoms in total. The summed E-state index contributed by atoms with van der Waals surface area (Å²) in [5.41, 5.74) is 1.13. The smallest absolute Gasteiger partial charge is 0.351 e. The predicted octanol–water partition coefficient (Wildman–Crippen LogP) is 2.27. The number of aryl methyl sites for hydroxylation is 1. The van der Waals surface area contributed by atoms with Crippen LogP contribution in [-0.2, 0) is 16.0 Å². The average molecular weight is 531 g/mol. The Balaban J connectivity index is 1.54. The van der Waals surface area contributed by atoms with Crippen LogP contribution in [0.4, 0.5) is 15.9 Å².